The summed E-state index contributed by atoms with van der Waals surface area (Å²) in [7, 11) is 0. The Morgan fingerprint density at radius 1 is 1.04 bits per heavy atom. The van der Waals surface area contributed by atoms with Gasteiger partial charge in [-0.05, 0) is 43.3 Å². The first-order valence-corrected chi connectivity index (χ1v) is 7.50. The van der Waals surface area contributed by atoms with E-state index >= 15 is 0 Å². The Hall–Kier alpha value is -2.35. The molecule has 0 aromatic heterocycles. The molecule has 1 unspecified atom stereocenters. The van der Waals surface area contributed by atoms with Crippen LogP contribution >= 0.6 is 15.9 Å². The lowest BCUT2D eigenvalue weighted by Gasteiger charge is -2.14. The number of carbonyl (C=O) groups excluding carboxylic acids is 2. The SMILES string of the molecule is CC(OC(=O)c1ccc(Br)cc1)C(=O)Nc1ccc(F)c(F)c1F. The Kier molecular flexibility index (Phi) is 5.61. The standard InChI is InChI=1S/C16H11BrF3NO3/c1-8(24-16(23)9-2-4-10(17)5-3-9)15(22)21-12-7-6-11(18)13(19)14(12)20/h2-8H,1H3,(H,21,22). The van der Waals surface area contributed by atoms with E-state index in [1.54, 1.807) is 12.1 Å². The molecule has 0 saturated heterocycles. The van der Waals surface area contributed by atoms with Crippen LogP contribution in [0.3, 0.4) is 0 Å². The molecule has 0 aliphatic heterocycles. The summed E-state index contributed by atoms with van der Waals surface area (Å²) >= 11 is 3.21. The quantitative estimate of drug-likeness (QED) is 0.620. The van der Waals surface area contributed by atoms with Gasteiger partial charge in [0.25, 0.3) is 5.91 Å². The zero-order valence-corrected chi connectivity index (χ0v) is 13.9. The number of rotatable bonds is 4. The minimum atomic E-state index is -1.70. The van der Waals surface area contributed by atoms with Crippen LogP contribution in [0.4, 0.5) is 18.9 Å². The van der Waals surface area contributed by atoms with Crippen molar-refractivity contribution in [2.75, 3.05) is 5.32 Å². The van der Waals surface area contributed by atoms with E-state index in [4.69, 9.17) is 4.74 Å². The fourth-order valence-corrected chi connectivity index (χ4v) is 1.99. The molecule has 8 heteroatoms. The third-order valence-corrected chi connectivity index (χ3v) is 3.55. The number of hydrogen-bond donors (Lipinski definition) is 1. The first-order valence-electron chi connectivity index (χ1n) is 6.70. The fraction of sp³-hybridized carbons (Fsp3) is 0.125. The van der Waals surface area contributed by atoms with Crippen LogP contribution in [0.2, 0.25) is 0 Å². The topological polar surface area (TPSA) is 55.4 Å². The van der Waals surface area contributed by atoms with E-state index in [1.807, 2.05) is 5.32 Å². The van der Waals surface area contributed by atoms with Crippen molar-refractivity contribution in [1.82, 2.24) is 0 Å². The number of amides is 1. The predicted molar refractivity (Wildman–Crippen MR) is 84.0 cm³/mol. The van der Waals surface area contributed by atoms with Crippen LogP contribution in [0.15, 0.2) is 40.9 Å². The van der Waals surface area contributed by atoms with Crippen LogP contribution in [0.1, 0.15) is 17.3 Å². The summed E-state index contributed by atoms with van der Waals surface area (Å²) in [6, 6.07) is 7.77. The molecular formula is C16H11BrF3NO3. The zero-order valence-electron chi connectivity index (χ0n) is 12.3. The monoisotopic (exact) mass is 401 g/mol. The molecule has 0 fully saturated rings. The van der Waals surface area contributed by atoms with E-state index in [0.717, 1.165) is 10.5 Å². The van der Waals surface area contributed by atoms with Crippen molar-refractivity contribution >= 4 is 33.5 Å². The summed E-state index contributed by atoms with van der Waals surface area (Å²) < 4.78 is 45.2. The number of esters is 1. The molecule has 1 amide bonds. The van der Waals surface area contributed by atoms with Gasteiger partial charge in [-0.15, -0.1) is 0 Å². The molecule has 2 aromatic carbocycles. The second kappa shape index (κ2) is 7.48. The second-order valence-corrected chi connectivity index (χ2v) is 5.68. The molecule has 1 N–H and O–H groups in total. The van der Waals surface area contributed by atoms with Crippen molar-refractivity contribution in [1.29, 1.82) is 0 Å². The van der Waals surface area contributed by atoms with Gasteiger partial charge in [0.05, 0.1) is 11.3 Å². The Balaban J connectivity index is 2.03. The Labute approximate surface area is 143 Å². The first kappa shape index (κ1) is 18.0. The van der Waals surface area contributed by atoms with Gasteiger partial charge in [-0.1, -0.05) is 15.9 Å². The van der Waals surface area contributed by atoms with Gasteiger partial charge in [-0.3, -0.25) is 4.79 Å². The smallest absolute Gasteiger partial charge is 0.338 e. The fourth-order valence-electron chi connectivity index (χ4n) is 1.72. The van der Waals surface area contributed by atoms with Crippen molar-refractivity contribution in [3.63, 3.8) is 0 Å². The molecule has 0 saturated carbocycles. The lowest BCUT2D eigenvalue weighted by molar-refractivity contribution is -0.123. The Bertz CT molecular complexity index is 781. The summed E-state index contributed by atoms with van der Waals surface area (Å²) in [5.41, 5.74) is -0.331. The van der Waals surface area contributed by atoms with E-state index in [1.165, 1.54) is 19.1 Å². The maximum atomic E-state index is 13.5. The van der Waals surface area contributed by atoms with E-state index in [2.05, 4.69) is 15.9 Å². The van der Waals surface area contributed by atoms with Gasteiger partial charge >= 0.3 is 5.97 Å². The molecule has 0 heterocycles. The Morgan fingerprint density at radius 2 is 1.67 bits per heavy atom. The molecule has 24 heavy (non-hydrogen) atoms. The molecule has 0 aliphatic carbocycles. The predicted octanol–water partition coefficient (Wildman–Crippen LogP) is 4.05. The van der Waals surface area contributed by atoms with Crippen molar-refractivity contribution < 1.29 is 27.5 Å². The van der Waals surface area contributed by atoms with Crippen molar-refractivity contribution in [3.8, 4) is 0 Å². The number of benzene rings is 2. The highest BCUT2D eigenvalue weighted by molar-refractivity contribution is 9.10. The largest absolute Gasteiger partial charge is 0.449 e. The van der Waals surface area contributed by atoms with Crippen LogP contribution in [-0.2, 0) is 9.53 Å². The van der Waals surface area contributed by atoms with Crippen LogP contribution in [-0.4, -0.2) is 18.0 Å². The second-order valence-electron chi connectivity index (χ2n) is 4.77. The van der Waals surface area contributed by atoms with Gasteiger partial charge in [0.15, 0.2) is 23.6 Å². The van der Waals surface area contributed by atoms with Crippen LogP contribution in [0.5, 0.6) is 0 Å². The van der Waals surface area contributed by atoms with Crippen LogP contribution in [0, 0.1) is 17.5 Å². The van der Waals surface area contributed by atoms with E-state index in [-0.39, 0.29) is 5.56 Å². The average Bonchev–Trinajstić information content (AvgIpc) is 2.55. The van der Waals surface area contributed by atoms with Gasteiger partial charge in [-0.25, -0.2) is 18.0 Å². The summed E-state index contributed by atoms with van der Waals surface area (Å²) in [5.74, 6) is -6.25. The van der Waals surface area contributed by atoms with E-state index < -0.39 is 41.1 Å². The van der Waals surface area contributed by atoms with Crippen molar-refractivity contribution in [3.05, 3.63) is 63.9 Å². The van der Waals surface area contributed by atoms with Gasteiger partial charge in [0.1, 0.15) is 0 Å². The highest BCUT2D eigenvalue weighted by atomic mass is 79.9. The Morgan fingerprint density at radius 3 is 2.29 bits per heavy atom. The van der Waals surface area contributed by atoms with Gasteiger partial charge in [0.2, 0.25) is 0 Å². The lowest BCUT2D eigenvalue weighted by atomic mass is 10.2. The number of nitrogens with one attached hydrogen (secondary N) is 1. The normalized spacial score (nSPS) is 11.7. The van der Waals surface area contributed by atoms with E-state index in [9.17, 15) is 22.8 Å². The molecule has 0 bridgehead atoms. The zero-order chi connectivity index (χ0) is 17.9. The number of ether oxygens (including phenoxy) is 1. The maximum Gasteiger partial charge on any atom is 0.338 e. The molecule has 0 aliphatic rings. The summed E-state index contributed by atoms with van der Waals surface area (Å²) in [6.07, 6.45) is -1.27. The molecule has 2 rings (SSSR count). The van der Waals surface area contributed by atoms with Crippen LogP contribution < -0.4 is 5.32 Å². The molecule has 4 nitrogen and oxygen atoms in total. The first-order chi connectivity index (χ1) is 11.3. The van der Waals surface area contributed by atoms with Gasteiger partial charge in [-0.2, -0.15) is 0 Å². The van der Waals surface area contributed by atoms with Crippen molar-refractivity contribution in [2.24, 2.45) is 0 Å². The van der Waals surface area contributed by atoms with E-state index in [0.29, 0.717) is 6.07 Å². The summed E-state index contributed by atoms with van der Waals surface area (Å²) in [5, 5.41) is 2.04. The minimum absolute atomic E-state index is 0.219. The maximum absolute atomic E-state index is 13.5. The third kappa shape index (κ3) is 4.14. The van der Waals surface area contributed by atoms with Gasteiger partial charge < -0.3 is 10.1 Å². The minimum Gasteiger partial charge on any atom is -0.449 e. The average molecular weight is 402 g/mol. The van der Waals surface area contributed by atoms with Gasteiger partial charge in [0, 0.05) is 4.47 Å². The molecule has 0 radical (unpaired) electrons. The molecular weight excluding hydrogens is 391 g/mol. The number of halogens is 4. The number of anilines is 1. The highest BCUT2D eigenvalue weighted by Gasteiger charge is 2.21. The number of hydrogen-bond acceptors (Lipinski definition) is 3. The molecule has 2 aromatic rings. The lowest BCUT2D eigenvalue weighted by Crippen LogP contribution is -2.30. The third-order valence-electron chi connectivity index (χ3n) is 3.03. The summed E-state index contributed by atoms with van der Waals surface area (Å²) in [4.78, 5) is 23.8. The van der Waals surface area contributed by atoms with Crippen LogP contribution in [0.25, 0.3) is 0 Å². The molecule has 126 valence electrons. The summed E-state index contributed by atoms with van der Waals surface area (Å²) in [6.45, 7) is 1.27. The molecule has 0 spiro atoms. The number of carbonyl (C=O) groups is 2. The molecule has 1 atom stereocenters. The van der Waals surface area contributed by atoms with Crippen molar-refractivity contribution in [2.45, 2.75) is 13.0 Å². The highest BCUT2D eigenvalue weighted by Crippen LogP contribution is 2.20.